The number of thiophene rings is 1. The number of benzene rings is 1. The van der Waals surface area contributed by atoms with Crippen LogP contribution < -0.4 is 5.32 Å². The average Bonchev–Trinajstić information content (AvgIpc) is 3.31. The van der Waals surface area contributed by atoms with Crippen LogP contribution in [0.4, 0.5) is 0 Å². The molecule has 0 aliphatic heterocycles. The van der Waals surface area contributed by atoms with Gasteiger partial charge in [-0.15, -0.1) is 11.3 Å². The van der Waals surface area contributed by atoms with Crippen molar-refractivity contribution in [1.82, 2.24) is 15.1 Å². The molecule has 3 aromatic rings. The van der Waals surface area contributed by atoms with Crippen LogP contribution in [0.2, 0.25) is 0 Å². The number of hydrogen-bond acceptors (Lipinski definition) is 3. The van der Waals surface area contributed by atoms with Crippen LogP contribution in [-0.2, 0) is 0 Å². The third-order valence-electron chi connectivity index (χ3n) is 4.28. The molecule has 0 atom stereocenters. The number of carbonyl (C=O) groups excluding carboxylic acids is 1. The van der Waals surface area contributed by atoms with Crippen molar-refractivity contribution < 1.29 is 4.79 Å². The van der Waals surface area contributed by atoms with Gasteiger partial charge in [0.1, 0.15) is 11.4 Å². The molecule has 0 saturated heterocycles. The third kappa shape index (κ3) is 4.41. The van der Waals surface area contributed by atoms with Crippen LogP contribution >= 0.6 is 11.3 Å². The van der Waals surface area contributed by atoms with Gasteiger partial charge in [-0.2, -0.15) is 5.10 Å². The van der Waals surface area contributed by atoms with Crippen molar-refractivity contribution >= 4 is 17.2 Å². The van der Waals surface area contributed by atoms with E-state index in [9.17, 15) is 4.79 Å². The van der Waals surface area contributed by atoms with Crippen molar-refractivity contribution in [1.29, 1.82) is 0 Å². The molecule has 3 rings (SSSR count). The van der Waals surface area contributed by atoms with Gasteiger partial charge in [-0.05, 0) is 48.6 Å². The maximum absolute atomic E-state index is 12.8. The van der Waals surface area contributed by atoms with Gasteiger partial charge in [-0.25, -0.2) is 4.68 Å². The predicted octanol–water partition coefficient (Wildman–Crippen LogP) is 5.22. The van der Waals surface area contributed by atoms with Gasteiger partial charge in [0, 0.05) is 6.54 Å². The predicted molar refractivity (Wildman–Crippen MR) is 108 cm³/mol. The van der Waals surface area contributed by atoms with E-state index in [-0.39, 0.29) is 5.91 Å². The normalized spacial score (nSPS) is 10.8. The van der Waals surface area contributed by atoms with E-state index in [2.05, 4.69) is 12.2 Å². The Hall–Kier alpha value is -2.40. The van der Waals surface area contributed by atoms with E-state index in [4.69, 9.17) is 5.10 Å². The fraction of sp³-hybridized carbons (Fsp3) is 0.333. The summed E-state index contributed by atoms with van der Waals surface area (Å²) in [6, 6.07) is 14.0. The van der Waals surface area contributed by atoms with Crippen LogP contribution in [0.3, 0.4) is 0 Å². The second kappa shape index (κ2) is 8.81. The van der Waals surface area contributed by atoms with Crippen molar-refractivity contribution in [3.05, 3.63) is 59.1 Å². The smallest absolute Gasteiger partial charge is 0.270 e. The van der Waals surface area contributed by atoms with Crippen LogP contribution in [-0.4, -0.2) is 22.2 Å². The number of rotatable bonds is 8. The van der Waals surface area contributed by atoms with Gasteiger partial charge in [0.2, 0.25) is 0 Å². The summed E-state index contributed by atoms with van der Waals surface area (Å²) in [5.41, 5.74) is 3.46. The summed E-state index contributed by atoms with van der Waals surface area (Å²) in [7, 11) is 0. The molecule has 0 spiro atoms. The first-order valence-electron chi connectivity index (χ1n) is 9.18. The van der Waals surface area contributed by atoms with Crippen LogP contribution in [0.25, 0.3) is 16.3 Å². The van der Waals surface area contributed by atoms with Gasteiger partial charge in [0.15, 0.2) is 0 Å². The summed E-state index contributed by atoms with van der Waals surface area (Å²) in [6.45, 7) is 4.93. The zero-order chi connectivity index (χ0) is 18.4. The quantitative estimate of drug-likeness (QED) is 0.555. The molecule has 0 aliphatic carbocycles. The number of hydrogen-bond donors (Lipinski definition) is 1. The Morgan fingerprint density at radius 3 is 2.77 bits per heavy atom. The highest BCUT2D eigenvalue weighted by Crippen LogP contribution is 2.26. The SMILES string of the molecule is CCCCCCNC(=O)c1cc(-c2cccs2)nn1-c1cccc(C)c1. The zero-order valence-corrected chi connectivity index (χ0v) is 16.2. The summed E-state index contributed by atoms with van der Waals surface area (Å²) in [5.74, 6) is -0.0710. The Morgan fingerprint density at radius 2 is 2.04 bits per heavy atom. The van der Waals surface area contributed by atoms with Gasteiger partial charge >= 0.3 is 0 Å². The maximum atomic E-state index is 12.8. The molecule has 26 heavy (non-hydrogen) atoms. The molecule has 136 valence electrons. The number of nitrogens with one attached hydrogen (secondary N) is 1. The van der Waals surface area contributed by atoms with Gasteiger partial charge in [-0.3, -0.25) is 4.79 Å². The molecule has 0 bridgehead atoms. The Balaban J connectivity index is 1.86. The lowest BCUT2D eigenvalue weighted by Crippen LogP contribution is -2.26. The summed E-state index contributed by atoms with van der Waals surface area (Å²) in [5, 5.41) is 9.78. The Bertz CT molecular complexity index is 852. The van der Waals surface area contributed by atoms with Gasteiger partial charge in [-0.1, -0.05) is 44.4 Å². The first-order valence-corrected chi connectivity index (χ1v) is 10.1. The fourth-order valence-corrected chi connectivity index (χ4v) is 3.57. The lowest BCUT2D eigenvalue weighted by atomic mass is 10.2. The Morgan fingerprint density at radius 1 is 1.15 bits per heavy atom. The minimum absolute atomic E-state index is 0.0710. The third-order valence-corrected chi connectivity index (χ3v) is 5.17. The molecule has 0 unspecified atom stereocenters. The highest BCUT2D eigenvalue weighted by atomic mass is 32.1. The van der Waals surface area contributed by atoms with Crippen molar-refractivity contribution in [2.75, 3.05) is 6.54 Å². The van der Waals surface area contributed by atoms with Gasteiger partial charge in [0.05, 0.1) is 10.6 Å². The second-order valence-electron chi connectivity index (χ2n) is 6.46. The first kappa shape index (κ1) is 18.4. The zero-order valence-electron chi connectivity index (χ0n) is 15.4. The number of aromatic nitrogens is 2. The summed E-state index contributed by atoms with van der Waals surface area (Å²) < 4.78 is 1.75. The molecule has 0 saturated carbocycles. The monoisotopic (exact) mass is 367 g/mol. The van der Waals surface area contributed by atoms with Crippen LogP contribution in [0, 0.1) is 6.92 Å². The number of amides is 1. The molecule has 0 radical (unpaired) electrons. The lowest BCUT2D eigenvalue weighted by molar-refractivity contribution is 0.0945. The van der Waals surface area contributed by atoms with E-state index in [0.29, 0.717) is 12.2 Å². The largest absolute Gasteiger partial charge is 0.351 e. The van der Waals surface area contributed by atoms with Crippen LogP contribution in [0.15, 0.2) is 47.8 Å². The number of nitrogens with zero attached hydrogens (tertiary/aromatic N) is 2. The molecule has 4 nitrogen and oxygen atoms in total. The molecular formula is C21H25N3OS. The van der Waals surface area contributed by atoms with Gasteiger partial charge in [0.25, 0.3) is 5.91 Å². The Kier molecular flexibility index (Phi) is 6.23. The van der Waals surface area contributed by atoms with E-state index in [1.54, 1.807) is 16.0 Å². The van der Waals surface area contributed by atoms with Crippen LogP contribution in [0.5, 0.6) is 0 Å². The molecular weight excluding hydrogens is 342 g/mol. The first-order chi connectivity index (χ1) is 12.7. The summed E-state index contributed by atoms with van der Waals surface area (Å²) >= 11 is 1.63. The molecule has 0 fully saturated rings. The van der Waals surface area contributed by atoms with Crippen molar-refractivity contribution in [2.45, 2.75) is 39.5 Å². The highest BCUT2D eigenvalue weighted by Gasteiger charge is 2.17. The number of aryl methyl sites for hydroxylation is 1. The van der Waals surface area contributed by atoms with E-state index in [1.807, 2.05) is 54.8 Å². The highest BCUT2D eigenvalue weighted by molar-refractivity contribution is 7.13. The minimum atomic E-state index is -0.0710. The number of carbonyl (C=O) groups is 1. The fourth-order valence-electron chi connectivity index (χ4n) is 2.89. The molecule has 1 amide bonds. The van der Waals surface area contributed by atoms with E-state index in [0.717, 1.165) is 34.7 Å². The summed E-state index contributed by atoms with van der Waals surface area (Å²) in [4.78, 5) is 13.8. The van der Waals surface area contributed by atoms with E-state index in [1.165, 1.54) is 12.8 Å². The van der Waals surface area contributed by atoms with Gasteiger partial charge < -0.3 is 5.32 Å². The van der Waals surface area contributed by atoms with E-state index >= 15 is 0 Å². The topological polar surface area (TPSA) is 46.9 Å². The lowest BCUT2D eigenvalue weighted by Gasteiger charge is -2.09. The second-order valence-corrected chi connectivity index (χ2v) is 7.41. The molecule has 2 aromatic heterocycles. The molecule has 1 N–H and O–H groups in total. The van der Waals surface area contributed by atoms with Crippen LogP contribution in [0.1, 0.15) is 48.7 Å². The maximum Gasteiger partial charge on any atom is 0.270 e. The standard InChI is InChI=1S/C21H25N3OS/c1-3-4-5-6-12-22-21(25)19-15-18(20-11-8-13-26-20)23-24(19)17-10-7-9-16(2)14-17/h7-11,13-15H,3-6,12H2,1-2H3,(H,22,25). The van der Waals surface area contributed by atoms with Crippen molar-refractivity contribution in [3.63, 3.8) is 0 Å². The molecule has 1 aromatic carbocycles. The minimum Gasteiger partial charge on any atom is -0.351 e. The van der Waals surface area contributed by atoms with Crippen molar-refractivity contribution in [2.24, 2.45) is 0 Å². The molecule has 0 aliphatic rings. The molecule has 5 heteroatoms. The summed E-state index contributed by atoms with van der Waals surface area (Å²) in [6.07, 6.45) is 4.56. The average molecular weight is 368 g/mol. The van der Waals surface area contributed by atoms with E-state index < -0.39 is 0 Å². The Labute approximate surface area is 158 Å². The number of unbranched alkanes of at least 4 members (excludes halogenated alkanes) is 3. The molecule has 2 heterocycles. The van der Waals surface area contributed by atoms with Crippen molar-refractivity contribution in [3.8, 4) is 16.3 Å².